The highest BCUT2D eigenvalue weighted by atomic mass is 16.5. The molecule has 6 nitrogen and oxygen atoms in total. The number of esters is 1. The highest BCUT2D eigenvalue weighted by Crippen LogP contribution is 2.16. The summed E-state index contributed by atoms with van der Waals surface area (Å²) in [6.07, 6.45) is 0.172. The van der Waals surface area contributed by atoms with Crippen LogP contribution in [0.4, 0.5) is 5.69 Å². The number of amides is 1. The lowest BCUT2D eigenvalue weighted by Crippen LogP contribution is -2.35. The van der Waals surface area contributed by atoms with E-state index in [4.69, 9.17) is 10.00 Å². The van der Waals surface area contributed by atoms with E-state index in [1.165, 1.54) is 29.2 Å². The standard InChI is InChI=1S/C19H18N2O4/c1-14-3-7-16(8-4-14)21(12-2-11-20)18(23)13-25-19(24)15-5-9-17(22)10-6-15/h3-10,22H,2,12-13H2,1H3. The Kier molecular flexibility index (Phi) is 6.13. The summed E-state index contributed by atoms with van der Waals surface area (Å²) in [6, 6.07) is 14.9. The topological polar surface area (TPSA) is 90.6 Å². The van der Waals surface area contributed by atoms with Crippen molar-refractivity contribution in [2.24, 2.45) is 0 Å². The largest absolute Gasteiger partial charge is 0.508 e. The number of aromatic hydroxyl groups is 1. The maximum atomic E-state index is 12.4. The van der Waals surface area contributed by atoms with Crippen molar-refractivity contribution in [1.82, 2.24) is 0 Å². The van der Waals surface area contributed by atoms with Gasteiger partial charge in [0, 0.05) is 12.2 Å². The van der Waals surface area contributed by atoms with Gasteiger partial charge in [-0.2, -0.15) is 5.26 Å². The van der Waals surface area contributed by atoms with Gasteiger partial charge in [-0.3, -0.25) is 4.79 Å². The van der Waals surface area contributed by atoms with Crippen LogP contribution in [0.5, 0.6) is 5.75 Å². The average Bonchev–Trinajstić information content (AvgIpc) is 2.62. The number of anilines is 1. The fourth-order valence-corrected chi connectivity index (χ4v) is 2.17. The molecular weight excluding hydrogens is 320 g/mol. The van der Waals surface area contributed by atoms with Crippen molar-refractivity contribution in [3.05, 3.63) is 59.7 Å². The number of nitriles is 1. The monoisotopic (exact) mass is 338 g/mol. The molecule has 1 N–H and O–H groups in total. The summed E-state index contributed by atoms with van der Waals surface area (Å²) in [5, 5.41) is 18.0. The lowest BCUT2D eigenvalue weighted by molar-refractivity contribution is -0.121. The second kappa shape index (κ2) is 8.50. The van der Waals surface area contributed by atoms with Crippen LogP contribution < -0.4 is 4.90 Å². The molecule has 0 atom stereocenters. The van der Waals surface area contributed by atoms with Crippen molar-refractivity contribution in [3.8, 4) is 11.8 Å². The van der Waals surface area contributed by atoms with Crippen LogP contribution in [0.25, 0.3) is 0 Å². The summed E-state index contributed by atoms with van der Waals surface area (Å²) in [7, 11) is 0. The molecule has 128 valence electrons. The first kappa shape index (κ1) is 18.0. The van der Waals surface area contributed by atoms with Gasteiger partial charge in [0.25, 0.3) is 5.91 Å². The van der Waals surface area contributed by atoms with Gasteiger partial charge in [0.1, 0.15) is 5.75 Å². The highest BCUT2D eigenvalue weighted by Gasteiger charge is 2.18. The molecule has 6 heteroatoms. The lowest BCUT2D eigenvalue weighted by Gasteiger charge is -2.21. The molecule has 2 aromatic rings. The van der Waals surface area contributed by atoms with Gasteiger partial charge in [-0.1, -0.05) is 17.7 Å². The zero-order valence-electron chi connectivity index (χ0n) is 13.8. The van der Waals surface area contributed by atoms with E-state index in [1.807, 2.05) is 25.1 Å². The van der Waals surface area contributed by atoms with Crippen molar-refractivity contribution < 1.29 is 19.4 Å². The van der Waals surface area contributed by atoms with Crippen LogP contribution in [0.3, 0.4) is 0 Å². The molecule has 2 aromatic carbocycles. The minimum atomic E-state index is -0.655. The molecule has 0 aliphatic heterocycles. The SMILES string of the molecule is Cc1ccc(N(CCC#N)C(=O)COC(=O)c2ccc(O)cc2)cc1. The van der Waals surface area contributed by atoms with Gasteiger partial charge < -0.3 is 14.7 Å². The van der Waals surface area contributed by atoms with Crippen molar-refractivity contribution in [2.45, 2.75) is 13.3 Å². The first-order chi connectivity index (χ1) is 12.0. The molecule has 0 fully saturated rings. The number of carbonyl (C=O) groups is 2. The fourth-order valence-electron chi connectivity index (χ4n) is 2.17. The van der Waals surface area contributed by atoms with E-state index in [0.717, 1.165) is 5.56 Å². The maximum absolute atomic E-state index is 12.4. The number of carbonyl (C=O) groups excluding carboxylic acids is 2. The number of phenolic OH excluding ortho intramolecular Hbond substituents is 1. The Balaban J connectivity index is 2.03. The second-order valence-electron chi connectivity index (χ2n) is 5.41. The summed E-state index contributed by atoms with van der Waals surface area (Å²) < 4.78 is 5.04. The van der Waals surface area contributed by atoms with Crippen LogP contribution in [0.15, 0.2) is 48.5 Å². The molecule has 25 heavy (non-hydrogen) atoms. The van der Waals surface area contributed by atoms with Crippen LogP contribution in [0.1, 0.15) is 22.3 Å². The van der Waals surface area contributed by atoms with E-state index in [0.29, 0.717) is 5.69 Å². The first-order valence-electron chi connectivity index (χ1n) is 7.71. The first-order valence-corrected chi connectivity index (χ1v) is 7.71. The fraction of sp³-hybridized carbons (Fsp3) is 0.211. The molecule has 0 aliphatic rings. The third kappa shape index (κ3) is 5.08. The van der Waals surface area contributed by atoms with Gasteiger partial charge in [0.15, 0.2) is 6.61 Å². The second-order valence-corrected chi connectivity index (χ2v) is 5.41. The summed E-state index contributed by atoms with van der Waals surface area (Å²) in [4.78, 5) is 25.8. The predicted molar refractivity (Wildman–Crippen MR) is 92.2 cm³/mol. The van der Waals surface area contributed by atoms with E-state index >= 15 is 0 Å². The van der Waals surface area contributed by atoms with Crippen molar-refractivity contribution in [1.29, 1.82) is 5.26 Å². The number of rotatable bonds is 6. The maximum Gasteiger partial charge on any atom is 0.338 e. The van der Waals surface area contributed by atoms with Gasteiger partial charge >= 0.3 is 5.97 Å². The summed E-state index contributed by atoms with van der Waals surface area (Å²) in [5.41, 5.74) is 1.94. The molecule has 0 aliphatic carbocycles. The van der Waals surface area contributed by atoms with E-state index in [1.54, 1.807) is 12.1 Å². The van der Waals surface area contributed by atoms with Crippen LogP contribution in [0, 0.1) is 18.3 Å². The van der Waals surface area contributed by atoms with Gasteiger partial charge in [-0.25, -0.2) is 4.79 Å². The minimum absolute atomic E-state index is 0.0367. The van der Waals surface area contributed by atoms with Crippen LogP contribution in [-0.4, -0.2) is 30.1 Å². The van der Waals surface area contributed by atoms with E-state index in [9.17, 15) is 14.7 Å². The predicted octanol–water partition coefficient (Wildman–Crippen LogP) is 2.80. The average molecular weight is 338 g/mol. The smallest absolute Gasteiger partial charge is 0.338 e. The van der Waals surface area contributed by atoms with Crippen LogP contribution >= 0.6 is 0 Å². The van der Waals surface area contributed by atoms with Crippen LogP contribution in [0.2, 0.25) is 0 Å². The number of hydrogen-bond acceptors (Lipinski definition) is 5. The Morgan fingerprint density at radius 2 is 1.76 bits per heavy atom. The molecule has 1 amide bonds. The number of phenols is 1. The molecule has 0 radical (unpaired) electrons. The number of nitrogens with zero attached hydrogens (tertiary/aromatic N) is 2. The molecule has 0 spiro atoms. The van der Waals surface area contributed by atoms with E-state index in [2.05, 4.69) is 0 Å². The summed E-state index contributed by atoms with van der Waals surface area (Å²) >= 11 is 0. The Labute approximate surface area is 145 Å². The molecule has 0 bridgehead atoms. The third-order valence-electron chi connectivity index (χ3n) is 3.52. The number of benzene rings is 2. The minimum Gasteiger partial charge on any atom is -0.508 e. The van der Waals surface area contributed by atoms with Crippen molar-refractivity contribution >= 4 is 17.6 Å². The quantitative estimate of drug-likeness (QED) is 0.818. The van der Waals surface area contributed by atoms with E-state index in [-0.39, 0.29) is 24.3 Å². The highest BCUT2D eigenvalue weighted by molar-refractivity contribution is 5.97. The molecule has 0 saturated carbocycles. The summed E-state index contributed by atoms with van der Waals surface area (Å²) in [5.74, 6) is -1.03. The zero-order chi connectivity index (χ0) is 18.2. The van der Waals surface area contributed by atoms with Gasteiger partial charge in [0.05, 0.1) is 18.1 Å². The Morgan fingerprint density at radius 3 is 2.36 bits per heavy atom. The number of ether oxygens (including phenoxy) is 1. The van der Waals surface area contributed by atoms with Gasteiger partial charge in [0.2, 0.25) is 0 Å². The van der Waals surface area contributed by atoms with Crippen molar-refractivity contribution in [2.75, 3.05) is 18.1 Å². The molecular formula is C19H18N2O4. The normalized spacial score (nSPS) is 9.92. The zero-order valence-corrected chi connectivity index (χ0v) is 13.8. The Bertz CT molecular complexity index is 777. The lowest BCUT2D eigenvalue weighted by atomic mass is 10.2. The van der Waals surface area contributed by atoms with Gasteiger partial charge in [-0.05, 0) is 43.3 Å². The van der Waals surface area contributed by atoms with Crippen molar-refractivity contribution in [3.63, 3.8) is 0 Å². The Morgan fingerprint density at radius 1 is 1.12 bits per heavy atom. The van der Waals surface area contributed by atoms with Gasteiger partial charge in [-0.15, -0.1) is 0 Å². The molecule has 0 heterocycles. The van der Waals surface area contributed by atoms with Crippen LogP contribution in [-0.2, 0) is 9.53 Å². The number of hydrogen-bond donors (Lipinski definition) is 1. The van der Waals surface area contributed by atoms with E-state index < -0.39 is 18.5 Å². The Hall–Kier alpha value is -3.33. The third-order valence-corrected chi connectivity index (χ3v) is 3.52. The summed E-state index contributed by atoms with van der Waals surface area (Å²) in [6.45, 7) is 1.72. The molecule has 0 aromatic heterocycles. The molecule has 2 rings (SSSR count). The molecule has 0 unspecified atom stereocenters. The molecule has 0 saturated heterocycles. The number of aryl methyl sites for hydroxylation is 1.